The van der Waals surface area contributed by atoms with Crippen molar-refractivity contribution in [3.8, 4) is 40.4 Å². The molecule has 50 heavy (non-hydrogen) atoms. The second kappa shape index (κ2) is 10.7. The Balaban J connectivity index is 1.18. The molecule has 7 aromatic rings. The molecule has 5 heteroatoms. The summed E-state index contributed by atoms with van der Waals surface area (Å²) < 4.78 is 11.2. The lowest BCUT2D eigenvalue weighted by Crippen LogP contribution is -2.15. The number of aromatic nitrogens is 2. The van der Waals surface area contributed by atoms with Crippen LogP contribution in [0.4, 0.5) is 0 Å². The van der Waals surface area contributed by atoms with E-state index in [-0.39, 0.29) is 12.0 Å². The number of nitrogens with zero attached hydrogens (tertiary/aromatic N) is 4. The number of hydrogen-bond donors (Lipinski definition) is 0. The van der Waals surface area contributed by atoms with Crippen molar-refractivity contribution in [2.75, 3.05) is 0 Å². The molecule has 236 valence electrons. The number of rotatable bonds is 3. The fourth-order valence-electron chi connectivity index (χ4n) is 8.71. The summed E-state index contributed by atoms with van der Waals surface area (Å²) in [7, 11) is 0. The van der Waals surface area contributed by atoms with E-state index in [2.05, 4.69) is 119 Å². The molecule has 2 unspecified atom stereocenters. The maximum Gasteiger partial charge on any atom is 0.137 e. The summed E-state index contributed by atoms with van der Waals surface area (Å²) in [5.74, 6) is 1.44. The van der Waals surface area contributed by atoms with Crippen LogP contribution in [0.3, 0.4) is 0 Å². The van der Waals surface area contributed by atoms with Crippen LogP contribution in [-0.2, 0) is 0 Å². The van der Waals surface area contributed by atoms with Crippen molar-refractivity contribution in [3.63, 3.8) is 0 Å². The Morgan fingerprint density at radius 2 is 1.42 bits per heavy atom. The molecule has 2 aromatic heterocycles. The van der Waals surface area contributed by atoms with Crippen molar-refractivity contribution >= 4 is 34.0 Å². The van der Waals surface area contributed by atoms with Gasteiger partial charge < -0.3 is 13.9 Å². The third-order valence-corrected chi connectivity index (χ3v) is 10.8. The number of hydrogen-bond acceptors (Lipinski definition) is 3. The molecule has 0 N–H and O–H groups in total. The highest BCUT2D eigenvalue weighted by Gasteiger charge is 2.42. The summed E-state index contributed by atoms with van der Waals surface area (Å²) in [6.45, 7) is 2.29. The summed E-state index contributed by atoms with van der Waals surface area (Å²) >= 11 is 0. The molecule has 0 saturated heterocycles. The highest BCUT2D eigenvalue weighted by Crippen LogP contribution is 2.54. The molecule has 3 aliphatic rings. The molecule has 1 aliphatic heterocycles. The summed E-state index contributed by atoms with van der Waals surface area (Å²) in [6.07, 6.45) is 9.87. The van der Waals surface area contributed by atoms with E-state index in [4.69, 9.17) is 4.74 Å². The maximum atomic E-state index is 10.8. The van der Waals surface area contributed by atoms with Gasteiger partial charge in [-0.15, -0.1) is 0 Å². The van der Waals surface area contributed by atoms with E-state index >= 15 is 0 Å². The minimum Gasteiger partial charge on any atom is -0.484 e. The van der Waals surface area contributed by atoms with Crippen LogP contribution < -0.4 is 4.74 Å². The first kappa shape index (κ1) is 28.5. The van der Waals surface area contributed by atoms with Gasteiger partial charge in [0.15, 0.2) is 0 Å². The molecule has 0 saturated carbocycles. The fourth-order valence-corrected chi connectivity index (χ4v) is 8.71. The Labute approximate surface area is 289 Å². The zero-order chi connectivity index (χ0) is 33.5. The molecule has 2 aliphatic carbocycles. The minimum atomic E-state index is -0.0951. The lowest BCUT2D eigenvalue weighted by atomic mass is 9.81. The largest absolute Gasteiger partial charge is 0.484 e. The summed E-state index contributed by atoms with van der Waals surface area (Å²) in [5.41, 5.74) is 12.4. The van der Waals surface area contributed by atoms with Crippen LogP contribution in [0.1, 0.15) is 70.5 Å². The third kappa shape index (κ3) is 3.86. The van der Waals surface area contributed by atoms with Crippen molar-refractivity contribution in [1.82, 2.24) is 9.13 Å². The Morgan fingerprint density at radius 1 is 0.700 bits per heavy atom. The monoisotopic (exact) mass is 642 g/mol. The molecule has 0 radical (unpaired) electrons. The van der Waals surface area contributed by atoms with Gasteiger partial charge in [-0.1, -0.05) is 85.8 Å². The van der Waals surface area contributed by atoms with E-state index in [1.165, 1.54) is 16.7 Å². The SMILES string of the molecule is C[C@H]1CC=Cc2c1c1c(n2-c2ccc(-c3c(C#N)cccc3-n3c4ccccc4c4ccccc43)c(C#N)c2)C=CC2c3ccccc3OC12. The average molecular weight is 643 g/mol. The van der Waals surface area contributed by atoms with Gasteiger partial charge in [0.2, 0.25) is 0 Å². The standard InChI is InChI=1S/C45H30N4O/c1-27-10-8-17-38-42(27)44-40(23-22-35-34-14-4-7-19-41(34)50-45(35)44)48(38)30-20-21-31(29(24-30)26-47)43-28(25-46)11-9-18-39(43)49-36-15-5-2-12-32(36)33-13-3-6-16-37(33)49/h2-9,11-24,27,35,45H,10H2,1H3/t27-,35?,45?/m0/s1. The fraction of sp³-hybridized carbons (Fsp3) is 0.111. The molecular formula is C45H30N4O. The average Bonchev–Trinajstić information content (AvgIpc) is 3.82. The number of fused-ring (bicyclic) bond motifs is 10. The van der Waals surface area contributed by atoms with Crippen LogP contribution >= 0.6 is 0 Å². The van der Waals surface area contributed by atoms with Crippen LogP contribution in [0.25, 0.3) is 56.5 Å². The Morgan fingerprint density at radius 3 is 2.20 bits per heavy atom. The van der Waals surface area contributed by atoms with Crippen LogP contribution in [0.5, 0.6) is 5.75 Å². The van der Waals surface area contributed by atoms with Gasteiger partial charge in [0.1, 0.15) is 11.9 Å². The van der Waals surface area contributed by atoms with Crippen molar-refractivity contribution in [2.45, 2.75) is 31.3 Å². The molecule has 0 bridgehead atoms. The quantitative estimate of drug-likeness (QED) is 0.193. The zero-order valence-electron chi connectivity index (χ0n) is 27.3. The Bertz CT molecular complexity index is 2670. The summed E-state index contributed by atoms with van der Waals surface area (Å²) in [5, 5.41) is 23.5. The van der Waals surface area contributed by atoms with Crippen LogP contribution in [0.2, 0.25) is 0 Å². The van der Waals surface area contributed by atoms with Crippen LogP contribution in [0, 0.1) is 22.7 Å². The van der Waals surface area contributed by atoms with E-state index in [0.717, 1.165) is 67.9 Å². The Hall–Kier alpha value is -6.56. The summed E-state index contributed by atoms with van der Waals surface area (Å²) in [4.78, 5) is 0. The molecular weight excluding hydrogens is 613 g/mol. The number of para-hydroxylation sites is 3. The van der Waals surface area contributed by atoms with Gasteiger partial charge in [0.05, 0.1) is 45.7 Å². The van der Waals surface area contributed by atoms with Crippen molar-refractivity contribution in [1.29, 1.82) is 10.5 Å². The number of allylic oxidation sites excluding steroid dienone is 1. The number of ether oxygens (including phenoxy) is 1. The first-order valence-electron chi connectivity index (χ1n) is 17.1. The van der Waals surface area contributed by atoms with Gasteiger partial charge in [-0.05, 0) is 72.5 Å². The van der Waals surface area contributed by atoms with Gasteiger partial charge in [0.25, 0.3) is 0 Å². The van der Waals surface area contributed by atoms with E-state index in [1.54, 1.807) is 0 Å². The first-order chi connectivity index (χ1) is 24.7. The van der Waals surface area contributed by atoms with Crippen molar-refractivity contribution < 1.29 is 4.74 Å². The predicted molar refractivity (Wildman–Crippen MR) is 199 cm³/mol. The highest BCUT2D eigenvalue weighted by atomic mass is 16.5. The van der Waals surface area contributed by atoms with Gasteiger partial charge in [-0.25, -0.2) is 0 Å². The number of nitriles is 2. The molecule has 10 rings (SSSR count). The van der Waals surface area contributed by atoms with E-state index in [0.29, 0.717) is 17.0 Å². The first-order valence-corrected chi connectivity index (χ1v) is 17.1. The van der Waals surface area contributed by atoms with Gasteiger partial charge >= 0.3 is 0 Å². The normalized spacial score (nSPS) is 18.2. The third-order valence-electron chi connectivity index (χ3n) is 10.8. The zero-order valence-corrected chi connectivity index (χ0v) is 27.3. The lowest BCUT2D eigenvalue weighted by Gasteiger charge is -2.24. The van der Waals surface area contributed by atoms with Crippen molar-refractivity contribution in [3.05, 3.63) is 161 Å². The van der Waals surface area contributed by atoms with Gasteiger partial charge in [-0.2, -0.15) is 10.5 Å². The molecule has 5 nitrogen and oxygen atoms in total. The van der Waals surface area contributed by atoms with Crippen LogP contribution in [-0.4, -0.2) is 9.13 Å². The lowest BCUT2D eigenvalue weighted by molar-refractivity contribution is 0.221. The second-order valence-electron chi connectivity index (χ2n) is 13.5. The van der Waals surface area contributed by atoms with Gasteiger partial charge in [0, 0.05) is 50.3 Å². The molecule has 0 amide bonds. The van der Waals surface area contributed by atoms with E-state index < -0.39 is 0 Å². The summed E-state index contributed by atoms with van der Waals surface area (Å²) in [6, 6.07) is 41.9. The topological polar surface area (TPSA) is 66.7 Å². The maximum absolute atomic E-state index is 10.8. The number of benzene rings is 5. The molecule has 0 spiro atoms. The second-order valence-corrected chi connectivity index (χ2v) is 13.5. The predicted octanol–water partition coefficient (Wildman–Crippen LogP) is 10.7. The molecule has 3 heterocycles. The molecule has 5 aromatic carbocycles. The van der Waals surface area contributed by atoms with E-state index in [1.807, 2.05) is 42.5 Å². The van der Waals surface area contributed by atoms with Crippen molar-refractivity contribution in [2.24, 2.45) is 0 Å². The van der Waals surface area contributed by atoms with Gasteiger partial charge in [-0.3, -0.25) is 0 Å². The van der Waals surface area contributed by atoms with E-state index in [9.17, 15) is 10.5 Å². The minimum absolute atomic E-state index is 0.0951. The Kier molecular flexibility index (Phi) is 6.10. The highest BCUT2D eigenvalue weighted by molar-refractivity contribution is 6.10. The molecule has 3 atom stereocenters. The van der Waals surface area contributed by atoms with Crippen LogP contribution in [0.15, 0.2) is 121 Å². The molecule has 0 fully saturated rings. The smallest absolute Gasteiger partial charge is 0.137 e.